The fraction of sp³-hybridized carbons (Fsp3) is 0.417. The molecule has 1 aromatic rings. The predicted molar refractivity (Wildman–Crippen MR) is 67.1 cm³/mol. The Morgan fingerprint density at radius 3 is 2.65 bits per heavy atom. The summed E-state index contributed by atoms with van der Waals surface area (Å²) in [6.45, 7) is 1.15. The van der Waals surface area contributed by atoms with Crippen molar-refractivity contribution in [1.82, 2.24) is 4.31 Å². The Bertz CT molecular complexity index is 645. The molecule has 0 bridgehead atoms. The fourth-order valence-electron chi connectivity index (χ4n) is 2.30. The number of sulfonamides is 1. The van der Waals surface area contributed by atoms with E-state index in [-0.39, 0.29) is 23.4 Å². The van der Waals surface area contributed by atoms with E-state index in [9.17, 15) is 22.7 Å². The molecule has 0 aliphatic carbocycles. The number of β-amino-alcohol motifs (C(OH)–C–C–N with tert-alkyl or cyclic N) is 1. The number of rotatable bonds is 3. The summed E-state index contributed by atoms with van der Waals surface area (Å²) in [5, 5.41) is 18.6. The van der Waals surface area contributed by atoms with Crippen LogP contribution in [-0.4, -0.2) is 47.6 Å². The third-order valence-corrected chi connectivity index (χ3v) is 5.28. The fourth-order valence-corrected chi connectivity index (χ4v) is 4.14. The van der Waals surface area contributed by atoms with Crippen molar-refractivity contribution in [1.29, 1.82) is 0 Å². The number of carboxylic acid groups (broad SMARTS) is 1. The summed E-state index contributed by atoms with van der Waals surface area (Å²) in [7, 11) is -4.09. The summed E-state index contributed by atoms with van der Waals surface area (Å²) in [6.07, 6.45) is -1.18. The van der Waals surface area contributed by atoms with Gasteiger partial charge in [0.2, 0.25) is 10.0 Å². The maximum Gasteiger partial charge on any atom is 0.322 e. The molecule has 2 N–H and O–H groups in total. The van der Waals surface area contributed by atoms with Gasteiger partial charge in [-0.05, 0) is 30.7 Å². The normalized spacial score (nSPS) is 23.9. The van der Waals surface area contributed by atoms with Crippen LogP contribution in [0.4, 0.5) is 4.39 Å². The Morgan fingerprint density at radius 2 is 2.10 bits per heavy atom. The lowest BCUT2D eigenvalue weighted by Gasteiger charge is -2.21. The Labute approximate surface area is 115 Å². The highest BCUT2D eigenvalue weighted by atomic mass is 32.2. The van der Waals surface area contributed by atoms with Crippen molar-refractivity contribution in [2.75, 3.05) is 6.54 Å². The van der Waals surface area contributed by atoms with Crippen molar-refractivity contribution < 1.29 is 27.8 Å². The number of nitrogens with zero attached hydrogens (tertiary/aromatic N) is 1. The molecule has 0 radical (unpaired) electrons. The van der Waals surface area contributed by atoms with Crippen molar-refractivity contribution in [3.63, 3.8) is 0 Å². The van der Waals surface area contributed by atoms with Gasteiger partial charge in [0.15, 0.2) is 0 Å². The van der Waals surface area contributed by atoms with E-state index in [1.807, 2.05) is 0 Å². The lowest BCUT2D eigenvalue weighted by Crippen LogP contribution is -2.40. The van der Waals surface area contributed by atoms with E-state index in [0.717, 1.165) is 22.5 Å². The minimum atomic E-state index is -4.09. The highest BCUT2D eigenvalue weighted by Crippen LogP contribution is 2.28. The summed E-state index contributed by atoms with van der Waals surface area (Å²) < 4.78 is 38.7. The van der Waals surface area contributed by atoms with Gasteiger partial charge in [0, 0.05) is 13.0 Å². The molecule has 1 aliphatic heterocycles. The first-order chi connectivity index (χ1) is 9.23. The summed E-state index contributed by atoms with van der Waals surface area (Å²) in [5.74, 6) is -1.89. The van der Waals surface area contributed by atoms with Gasteiger partial charge in [-0.25, -0.2) is 12.8 Å². The number of hydrogen-bond donors (Lipinski definition) is 2. The van der Waals surface area contributed by atoms with E-state index < -0.39 is 34.0 Å². The van der Waals surface area contributed by atoms with E-state index in [1.54, 1.807) is 0 Å². The molecule has 1 saturated heterocycles. The highest BCUT2D eigenvalue weighted by Gasteiger charge is 2.43. The number of halogens is 1. The number of hydrogen-bond acceptors (Lipinski definition) is 4. The molecule has 1 fully saturated rings. The van der Waals surface area contributed by atoms with Crippen LogP contribution in [0.25, 0.3) is 0 Å². The minimum absolute atomic E-state index is 0.153. The number of aliphatic carboxylic acids is 1. The van der Waals surface area contributed by atoms with E-state index >= 15 is 0 Å². The molecule has 2 atom stereocenters. The second kappa shape index (κ2) is 5.12. The Morgan fingerprint density at radius 1 is 1.45 bits per heavy atom. The molecule has 1 aromatic carbocycles. The van der Waals surface area contributed by atoms with Gasteiger partial charge in [-0.1, -0.05) is 0 Å². The van der Waals surface area contributed by atoms with E-state index in [2.05, 4.69) is 0 Å². The van der Waals surface area contributed by atoms with E-state index in [0.29, 0.717) is 0 Å². The summed E-state index contributed by atoms with van der Waals surface area (Å²) >= 11 is 0. The molecule has 2 rings (SSSR count). The van der Waals surface area contributed by atoms with Crippen molar-refractivity contribution in [2.24, 2.45) is 0 Å². The predicted octanol–water partition coefficient (Wildman–Crippen LogP) is 0.343. The largest absolute Gasteiger partial charge is 0.480 e. The smallest absolute Gasteiger partial charge is 0.322 e. The second-order valence-electron chi connectivity index (χ2n) is 4.73. The Kier molecular flexibility index (Phi) is 3.81. The molecule has 0 saturated carbocycles. The molecule has 0 amide bonds. The van der Waals surface area contributed by atoms with Gasteiger partial charge >= 0.3 is 5.97 Å². The molecular formula is C12H14FNO5S. The third kappa shape index (κ3) is 2.54. The molecule has 0 aromatic heterocycles. The first-order valence-electron chi connectivity index (χ1n) is 5.92. The van der Waals surface area contributed by atoms with Gasteiger partial charge in [-0.2, -0.15) is 4.31 Å². The average Bonchev–Trinajstić information content (AvgIpc) is 2.71. The van der Waals surface area contributed by atoms with Crippen molar-refractivity contribution in [2.45, 2.75) is 30.4 Å². The third-order valence-electron chi connectivity index (χ3n) is 3.24. The van der Waals surface area contributed by atoms with Crippen LogP contribution in [0.2, 0.25) is 0 Å². The molecule has 6 nitrogen and oxygen atoms in total. The molecule has 110 valence electrons. The van der Waals surface area contributed by atoms with Crippen molar-refractivity contribution >= 4 is 16.0 Å². The zero-order valence-electron chi connectivity index (χ0n) is 10.7. The molecule has 0 spiro atoms. The number of carbonyl (C=O) groups is 1. The lowest BCUT2D eigenvalue weighted by molar-refractivity contribution is -0.140. The van der Waals surface area contributed by atoms with Gasteiger partial charge < -0.3 is 10.2 Å². The molecule has 1 unspecified atom stereocenters. The summed E-state index contributed by atoms with van der Waals surface area (Å²) in [4.78, 5) is 10.9. The second-order valence-corrected chi connectivity index (χ2v) is 6.59. The molecule has 8 heteroatoms. The van der Waals surface area contributed by atoms with Crippen LogP contribution >= 0.6 is 0 Å². The van der Waals surface area contributed by atoms with Crippen LogP contribution in [0.1, 0.15) is 12.0 Å². The first-order valence-corrected chi connectivity index (χ1v) is 7.36. The molecular weight excluding hydrogens is 289 g/mol. The Balaban J connectivity index is 2.46. The number of benzene rings is 1. The van der Waals surface area contributed by atoms with Crippen LogP contribution in [0.3, 0.4) is 0 Å². The molecule has 1 aliphatic rings. The van der Waals surface area contributed by atoms with Gasteiger partial charge in [0.05, 0.1) is 11.0 Å². The van der Waals surface area contributed by atoms with Gasteiger partial charge in [-0.3, -0.25) is 4.79 Å². The zero-order chi connectivity index (χ0) is 15.1. The van der Waals surface area contributed by atoms with Gasteiger partial charge in [-0.15, -0.1) is 0 Å². The van der Waals surface area contributed by atoms with Crippen LogP contribution in [0, 0.1) is 12.7 Å². The average molecular weight is 303 g/mol. The topological polar surface area (TPSA) is 94.9 Å². The van der Waals surface area contributed by atoms with Crippen LogP contribution in [-0.2, 0) is 14.8 Å². The summed E-state index contributed by atoms with van der Waals surface area (Å²) in [6, 6.07) is 1.86. The zero-order valence-corrected chi connectivity index (χ0v) is 11.5. The maximum absolute atomic E-state index is 13.0. The SMILES string of the molecule is Cc1cc(F)ccc1S(=O)(=O)N1CC(O)C[C@H]1C(=O)O. The van der Waals surface area contributed by atoms with Crippen LogP contribution in [0.15, 0.2) is 23.1 Å². The van der Waals surface area contributed by atoms with Crippen LogP contribution < -0.4 is 0 Å². The first kappa shape index (κ1) is 14.9. The monoisotopic (exact) mass is 303 g/mol. The lowest BCUT2D eigenvalue weighted by atomic mass is 10.2. The standard InChI is InChI=1S/C12H14FNO5S/c1-7-4-8(13)2-3-11(7)20(18,19)14-6-9(15)5-10(14)12(16)17/h2-4,9-10,15H,5-6H2,1H3,(H,16,17)/t9?,10-/m0/s1. The van der Waals surface area contributed by atoms with Gasteiger partial charge in [0.1, 0.15) is 11.9 Å². The van der Waals surface area contributed by atoms with Crippen LogP contribution in [0.5, 0.6) is 0 Å². The Hall–Kier alpha value is -1.51. The molecule has 20 heavy (non-hydrogen) atoms. The van der Waals surface area contributed by atoms with Crippen molar-refractivity contribution in [3.05, 3.63) is 29.6 Å². The number of carboxylic acids is 1. The number of aliphatic hydroxyl groups is 1. The van der Waals surface area contributed by atoms with E-state index in [1.165, 1.54) is 6.92 Å². The number of aliphatic hydroxyl groups excluding tert-OH is 1. The minimum Gasteiger partial charge on any atom is -0.480 e. The maximum atomic E-state index is 13.0. The van der Waals surface area contributed by atoms with Gasteiger partial charge in [0.25, 0.3) is 0 Å². The summed E-state index contributed by atoms with van der Waals surface area (Å²) in [5.41, 5.74) is 0.190. The van der Waals surface area contributed by atoms with E-state index in [4.69, 9.17) is 5.11 Å². The quantitative estimate of drug-likeness (QED) is 0.840. The number of aryl methyl sites for hydroxylation is 1. The van der Waals surface area contributed by atoms with Crippen molar-refractivity contribution in [3.8, 4) is 0 Å². The molecule has 1 heterocycles. The highest BCUT2D eigenvalue weighted by molar-refractivity contribution is 7.89.